The second-order valence-corrected chi connectivity index (χ2v) is 8.63. The van der Waals surface area contributed by atoms with Crippen molar-refractivity contribution in [2.24, 2.45) is 10.9 Å². The summed E-state index contributed by atoms with van der Waals surface area (Å²) >= 11 is 1.47. The van der Waals surface area contributed by atoms with Gasteiger partial charge in [0.25, 0.3) is 5.91 Å². The standard InChI is InChI=1S/C24H26N2O2S/c1-17-9-6-7-14-21(17)26-23(27)22(16-18-10-8-13-20(15-18)28-2)29-24(26)25-19-11-4-3-5-12-19/h3-5,8,10-13,15-17,21H,6-7,9,14H2,1-2H3/b22-16-,25-24?/t17-,21+/m0/s1. The highest BCUT2D eigenvalue weighted by atomic mass is 32.2. The highest BCUT2D eigenvalue weighted by Crippen LogP contribution is 2.40. The Kier molecular flexibility index (Phi) is 6.05. The van der Waals surface area contributed by atoms with Crippen molar-refractivity contribution in [3.63, 3.8) is 0 Å². The molecule has 2 aliphatic rings. The molecule has 0 bridgehead atoms. The van der Waals surface area contributed by atoms with E-state index in [1.54, 1.807) is 7.11 Å². The largest absolute Gasteiger partial charge is 0.497 e. The third-order valence-corrected chi connectivity index (χ3v) is 6.59. The van der Waals surface area contributed by atoms with Gasteiger partial charge in [0.15, 0.2) is 5.17 Å². The summed E-state index contributed by atoms with van der Waals surface area (Å²) in [5.74, 6) is 1.32. The molecule has 0 unspecified atom stereocenters. The monoisotopic (exact) mass is 406 g/mol. The Balaban J connectivity index is 1.71. The average molecular weight is 407 g/mol. The minimum atomic E-state index is 0.0613. The van der Waals surface area contributed by atoms with Gasteiger partial charge in [-0.05, 0) is 66.4 Å². The number of rotatable bonds is 4. The van der Waals surface area contributed by atoms with Crippen LogP contribution in [0.4, 0.5) is 5.69 Å². The third kappa shape index (κ3) is 4.40. The molecule has 0 N–H and O–H groups in total. The van der Waals surface area contributed by atoms with Crippen LogP contribution in [0.2, 0.25) is 0 Å². The zero-order valence-electron chi connectivity index (χ0n) is 16.9. The van der Waals surface area contributed by atoms with Gasteiger partial charge in [-0.3, -0.25) is 9.69 Å². The molecule has 5 heteroatoms. The van der Waals surface area contributed by atoms with Crippen LogP contribution in [-0.2, 0) is 4.79 Å². The molecule has 0 radical (unpaired) electrons. The molecule has 1 heterocycles. The van der Waals surface area contributed by atoms with Crippen LogP contribution in [0.15, 0.2) is 64.5 Å². The van der Waals surface area contributed by atoms with Crippen molar-refractivity contribution in [3.8, 4) is 5.75 Å². The quantitative estimate of drug-likeness (QED) is 0.596. The molecule has 150 valence electrons. The molecule has 2 fully saturated rings. The lowest BCUT2D eigenvalue weighted by molar-refractivity contribution is -0.124. The van der Waals surface area contributed by atoms with Crippen molar-refractivity contribution >= 4 is 34.6 Å². The second-order valence-electron chi connectivity index (χ2n) is 7.62. The number of para-hydroxylation sites is 1. The van der Waals surface area contributed by atoms with Gasteiger partial charge < -0.3 is 4.74 Å². The molecule has 4 nitrogen and oxygen atoms in total. The first-order chi connectivity index (χ1) is 14.2. The van der Waals surface area contributed by atoms with Crippen LogP contribution in [0.25, 0.3) is 6.08 Å². The number of amides is 1. The lowest BCUT2D eigenvalue weighted by Gasteiger charge is -2.35. The van der Waals surface area contributed by atoms with E-state index in [1.807, 2.05) is 65.6 Å². The zero-order chi connectivity index (χ0) is 20.2. The number of nitrogens with zero attached hydrogens (tertiary/aromatic N) is 2. The van der Waals surface area contributed by atoms with Gasteiger partial charge in [0, 0.05) is 6.04 Å². The summed E-state index contributed by atoms with van der Waals surface area (Å²) in [4.78, 5) is 20.9. The van der Waals surface area contributed by atoms with Crippen LogP contribution in [0.1, 0.15) is 38.2 Å². The fourth-order valence-electron chi connectivity index (χ4n) is 4.03. The van der Waals surface area contributed by atoms with E-state index in [4.69, 9.17) is 9.73 Å². The lowest BCUT2D eigenvalue weighted by atomic mass is 9.85. The fourth-order valence-corrected chi connectivity index (χ4v) is 5.08. The predicted octanol–water partition coefficient (Wildman–Crippen LogP) is 5.88. The molecule has 1 saturated heterocycles. The molecular formula is C24H26N2O2S. The van der Waals surface area contributed by atoms with E-state index in [0.29, 0.717) is 10.8 Å². The van der Waals surface area contributed by atoms with Gasteiger partial charge in [-0.1, -0.05) is 50.1 Å². The molecule has 2 aromatic rings. The third-order valence-electron chi connectivity index (χ3n) is 5.61. The molecule has 1 aliphatic heterocycles. The Bertz CT molecular complexity index is 939. The maximum absolute atomic E-state index is 13.4. The number of aliphatic imine (C=N–C) groups is 1. The van der Waals surface area contributed by atoms with Crippen molar-refractivity contribution in [2.75, 3.05) is 7.11 Å². The number of hydrogen-bond acceptors (Lipinski definition) is 4. The summed E-state index contributed by atoms with van der Waals surface area (Å²) in [5, 5.41) is 0.786. The lowest BCUT2D eigenvalue weighted by Crippen LogP contribution is -2.44. The van der Waals surface area contributed by atoms with Crippen molar-refractivity contribution in [1.82, 2.24) is 4.90 Å². The predicted molar refractivity (Wildman–Crippen MR) is 120 cm³/mol. The number of ether oxygens (including phenoxy) is 1. The van der Waals surface area contributed by atoms with Crippen molar-refractivity contribution in [1.29, 1.82) is 0 Å². The SMILES string of the molecule is COc1cccc(/C=C2\SC(=Nc3ccccc3)N([C@@H]3CCCC[C@@H]3C)C2=O)c1. The van der Waals surface area contributed by atoms with E-state index >= 15 is 0 Å². The number of carbonyl (C=O) groups is 1. The summed E-state index contributed by atoms with van der Waals surface area (Å²) in [6.45, 7) is 2.26. The number of hydrogen-bond donors (Lipinski definition) is 0. The minimum absolute atomic E-state index is 0.0613. The summed E-state index contributed by atoms with van der Waals surface area (Å²) in [7, 11) is 1.65. The van der Waals surface area contributed by atoms with Crippen LogP contribution in [0.3, 0.4) is 0 Å². The zero-order valence-corrected chi connectivity index (χ0v) is 17.7. The first-order valence-corrected chi connectivity index (χ1v) is 11.0. The van der Waals surface area contributed by atoms with Gasteiger partial charge in [-0.2, -0.15) is 0 Å². The molecule has 1 aliphatic carbocycles. The Morgan fingerprint density at radius 3 is 2.66 bits per heavy atom. The van der Waals surface area contributed by atoms with E-state index < -0.39 is 0 Å². The maximum Gasteiger partial charge on any atom is 0.267 e. The highest BCUT2D eigenvalue weighted by Gasteiger charge is 2.41. The van der Waals surface area contributed by atoms with E-state index in [0.717, 1.165) is 41.4 Å². The maximum atomic E-state index is 13.4. The fraction of sp³-hybridized carbons (Fsp3) is 0.333. The highest BCUT2D eigenvalue weighted by molar-refractivity contribution is 8.18. The number of thioether (sulfide) groups is 1. The second kappa shape index (κ2) is 8.87. The smallest absolute Gasteiger partial charge is 0.267 e. The topological polar surface area (TPSA) is 41.9 Å². The summed E-state index contributed by atoms with van der Waals surface area (Å²) in [5.41, 5.74) is 1.83. The van der Waals surface area contributed by atoms with Gasteiger partial charge in [-0.15, -0.1) is 0 Å². The molecule has 2 aromatic carbocycles. The molecule has 4 rings (SSSR count). The van der Waals surface area contributed by atoms with E-state index in [1.165, 1.54) is 18.2 Å². The van der Waals surface area contributed by atoms with E-state index in [9.17, 15) is 4.79 Å². The van der Waals surface area contributed by atoms with Gasteiger partial charge in [-0.25, -0.2) is 4.99 Å². The Morgan fingerprint density at radius 1 is 1.10 bits per heavy atom. The number of methoxy groups -OCH3 is 1. The van der Waals surface area contributed by atoms with Crippen LogP contribution in [0, 0.1) is 5.92 Å². The van der Waals surface area contributed by atoms with Gasteiger partial charge in [0.05, 0.1) is 17.7 Å². The minimum Gasteiger partial charge on any atom is -0.497 e. The Labute approximate surface area is 176 Å². The van der Waals surface area contributed by atoms with Crippen molar-refractivity contribution in [3.05, 3.63) is 65.1 Å². The first-order valence-electron chi connectivity index (χ1n) is 10.2. The van der Waals surface area contributed by atoms with Crippen LogP contribution < -0.4 is 4.74 Å². The molecule has 0 spiro atoms. The normalized spacial score (nSPS) is 25.0. The number of benzene rings is 2. The molecule has 2 atom stereocenters. The van der Waals surface area contributed by atoms with Crippen LogP contribution in [-0.4, -0.2) is 29.1 Å². The Morgan fingerprint density at radius 2 is 1.90 bits per heavy atom. The average Bonchev–Trinajstić information content (AvgIpc) is 3.04. The molecule has 29 heavy (non-hydrogen) atoms. The first kappa shape index (κ1) is 19.8. The molecular weight excluding hydrogens is 380 g/mol. The van der Waals surface area contributed by atoms with E-state index in [2.05, 4.69) is 6.92 Å². The molecule has 1 saturated carbocycles. The van der Waals surface area contributed by atoms with Gasteiger partial charge >= 0.3 is 0 Å². The van der Waals surface area contributed by atoms with Gasteiger partial charge in [0.1, 0.15) is 5.75 Å². The summed E-state index contributed by atoms with van der Waals surface area (Å²) in [6, 6.07) is 17.9. The number of amidine groups is 1. The van der Waals surface area contributed by atoms with Crippen molar-refractivity contribution < 1.29 is 9.53 Å². The molecule has 1 amide bonds. The van der Waals surface area contributed by atoms with Crippen LogP contribution >= 0.6 is 11.8 Å². The van der Waals surface area contributed by atoms with Crippen LogP contribution in [0.5, 0.6) is 5.75 Å². The Hall–Kier alpha value is -2.53. The summed E-state index contributed by atoms with van der Waals surface area (Å²) in [6.07, 6.45) is 6.55. The summed E-state index contributed by atoms with van der Waals surface area (Å²) < 4.78 is 5.32. The molecule has 0 aromatic heterocycles. The van der Waals surface area contributed by atoms with Crippen molar-refractivity contribution in [2.45, 2.75) is 38.6 Å². The number of carbonyl (C=O) groups excluding carboxylic acids is 1. The van der Waals surface area contributed by atoms with Gasteiger partial charge in [0.2, 0.25) is 0 Å². The van der Waals surface area contributed by atoms with E-state index in [-0.39, 0.29) is 11.9 Å².